The van der Waals surface area contributed by atoms with Gasteiger partial charge in [-0.25, -0.2) is 22.3 Å². The first kappa shape index (κ1) is 25.6. The second-order valence-corrected chi connectivity index (χ2v) is 11.5. The van der Waals surface area contributed by atoms with E-state index in [4.69, 9.17) is 8.92 Å². The lowest BCUT2D eigenvalue weighted by Gasteiger charge is -2.27. The summed E-state index contributed by atoms with van der Waals surface area (Å²) in [4.78, 5) is 37.9. The predicted octanol–water partition coefficient (Wildman–Crippen LogP) is 0.348. The number of non-ortho nitro benzene ring substituents is 1. The predicted molar refractivity (Wildman–Crippen MR) is 117 cm³/mol. The molecule has 2 aliphatic heterocycles. The maximum absolute atomic E-state index is 12.8. The lowest BCUT2D eigenvalue weighted by Crippen LogP contribution is -2.45. The summed E-state index contributed by atoms with van der Waals surface area (Å²) in [5.41, 5.74) is 0.381. The van der Waals surface area contributed by atoms with E-state index in [1.807, 2.05) is 0 Å². The van der Waals surface area contributed by atoms with Crippen LogP contribution in [0.1, 0.15) is 12.0 Å². The molecule has 16 heteroatoms. The van der Waals surface area contributed by atoms with Crippen molar-refractivity contribution in [3.05, 3.63) is 39.9 Å². The molecule has 0 spiro atoms. The van der Waals surface area contributed by atoms with Crippen LogP contribution in [0.15, 0.2) is 24.3 Å². The molecule has 0 aliphatic carbocycles. The number of urea groups is 1. The molecule has 1 aromatic carbocycles. The highest BCUT2D eigenvalue weighted by Gasteiger charge is 2.42. The van der Waals surface area contributed by atoms with E-state index >= 15 is 0 Å². The third kappa shape index (κ3) is 6.32. The van der Waals surface area contributed by atoms with Gasteiger partial charge in [0.15, 0.2) is 0 Å². The van der Waals surface area contributed by atoms with Gasteiger partial charge in [-0.15, -0.1) is 0 Å². The summed E-state index contributed by atoms with van der Waals surface area (Å²) in [6, 6.07) is 4.00. The smallest absolute Gasteiger partial charge is 0.410 e. The third-order valence-electron chi connectivity index (χ3n) is 5.32. The molecule has 2 heterocycles. The van der Waals surface area contributed by atoms with Crippen LogP contribution < -0.4 is 0 Å². The van der Waals surface area contributed by atoms with Crippen molar-refractivity contribution in [2.24, 2.45) is 0 Å². The van der Waals surface area contributed by atoms with Crippen LogP contribution in [0.4, 0.5) is 15.3 Å². The molecule has 2 atom stereocenters. The Morgan fingerprint density at radius 3 is 2.32 bits per heavy atom. The molecule has 2 fully saturated rings. The minimum Gasteiger partial charge on any atom is -0.445 e. The Labute approximate surface area is 196 Å². The highest BCUT2D eigenvalue weighted by molar-refractivity contribution is 7.88. The van der Waals surface area contributed by atoms with Gasteiger partial charge < -0.3 is 14.5 Å². The zero-order valence-electron chi connectivity index (χ0n) is 18.4. The van der Waals surface area contributed by atoms with E-state index in [1.165, 1.54) is 34.1 Å². The fraction of sp³-hybridized carbons (Fsp3) is 0.556. The number of hydrogen-bond donors (Lipinski definition) is 0. The van der Waals surface area contributed by atoms with Crippen LogP contribution in [0.3, 0.4) is 0 Å². The molecule has 188 valence electrons. The summed E-state index contributed by atoms with van der Waals surface area (Å²) in [6.07, 6.45) is 0.223. The van der Waals surface area contributed by atoms with Gasteiger partial charge in [-0.05, 0) is 24.1 Å². The minimum atomic E-state index is -3.81. The molecule has 0 saturated carbocycles. The van der Waals surface area contributed by atoms with Gasteiger partial charge in [0, 0.05) is 25.2 Å². The standard InChI is InChI=1S/C18H24N4O10S2/c1-33(27,28)21-8-7-19(17(21)23)10-15-9-16(32-34(2,29)30)11-20(15)18(24)31-12-13-3-5-14(6-4-13)22(25)26/h3-6,15-16H,7-12H2,1-2H3/t15-,16+/m0/s1. The molecule has 2 aliphatic rings. The zero-order valence-corrected chi connectivity index (χ0v) is 20.0. The van der Waals surface area contributed by atoms with Crippen molar-refractivity contribution in [2.45, 2.75) is 25.2 Å². The molecule has 3 amide bonds. The molecule has 0 aromatic heterocycles. The average Bonchev–Trinajstić information content (AvgIpc) is 3.28. The number of hydrogen-bond acceptors (Lipinski definition) is 10. The second-order valence-electron chi connectivity index (χ2n) is 8.01. The van der Waals surface area contributed by atoms with E-state index in [0.717, 1.165) is 16.8 Å². The lowest BCUT2D eigenvalue weighted by atomic mass is 10.2. The largest absolute Gasteiger partial charge is 0.445 e. The zero-order chi connectivity index (χ0) is 25.3. The molecule has 0 N–H and O–H groups in total. The molecule has 3 rings (SSSR count). The van der Waals surface area contributed by atoms with Crippen LogP contribution in [0.2, 0.25) is 0 Å². The van der Waals surface area contributed by atoms with Crippen molar-refractivity contribution in [1.82, 2.24) is 14.1 Å². The van der Waals surface area contributed by atoms with E-state index in [-0.39, 0.29) is 44.9 Å². The quantitative estimate of drug-likeness (QED) is 0.264. The van der Waals surface area contributed by atoms with E-state index in [0.29, 0.717) is 5.56 Å². The van der Waals surface area contributed by atoms with E-state index < -0.39 is 49.3 Å². The van der Waals surface area contributed by atoms with Crippen LogP contribution in [0.25, 0.3) is 0 Å². The maximum Gasteiger partial charge on any atom is 0.410 e. The van der Waals surface area contributed by atoms with Crippen molar-refractivity contribution >= 4 is 38.0 Å². The second kappa shape index (κ2) is 9.71. The molecule has 14 nitrogen and oxygen atoms in total. The van der Waals surface area contributed by atoms with Gasteiger partial charge in [0.05, 0.1) is 42.7 Å². The fourth-order valence-corrected chi connectivity index (χ4v) is 5.27. The molecule has 0 bridgehead atoms. The van der Waals surface area contributed by atoms with Crippen LogP contribution >= 0.6 is 0 Å². The first-order valence-electron chi connectivity index (χ1n) is 10.1. The molecule has 1 aromatic rings. The number of nitro groups is 1. The summed E-state index contributed by atoms with van der Waals surface area (Å²) in [5.74, 6) is 0. The van der Waals surface area contributed by atoms with Gasteiger partial charge in [-0.3, -0.25) is 14.3 Å². The lowest BCUT2D eigenvalue weighted by molar-refractivity contribution is -0.384. The Hall–Kier alpha value is -2.98. The van der Waals surface area contributed by atoms with E-state index in [1.54, 1.807) is 0 Å². The van der Waals surface area contributed by atoms with Crippen molar-refractivity contribution in [1.29, 1.82) is 0 Å². The maximum atomic E-state index is 12.8. The Kier molecular flexibility index (Phi) is 7.32. The number of nitrogens with zero attached hydrogens (tertiary/aromatic N) is 4. The van der Waals surface area contributed by atoms with E-state index in [9.17, 15) is 36.5 Å². The number of benzene rings is 1. The summed E-state index contributed by atoms with van der Waals surface area (Å²) < 4.78 is 57.7. The molecule has 2 saturated heterocycles. The average molecular weight is 521 g/mol. The highest BCUT2D eigenvalue weighted by Crippen LogP contribution is 2.25. The number of nitro benzene ring substituents is 1. The van der Waals surface area contributed by atoms with Crippen LogP contribution in [0, 0.1) is 10.1 Å². The molecular weight excluding hydrogens is 496 g/mol. The normalized spacial score (nSPS) is 21.2. The monoisotopic (exact) mass is 520 g/mol. The Balaban J connectivity index is 1.69. The van der Waals surface area contributed by atoms with Gasteiger partial charge in [0.25, 0.3) is 15.8 Å². The topological polar surface area (TPSA) is 174 Å². The SMILES string of the molecule is CS(=O)(=O)O[C@@H]1C[C@@H](CN2CCN(S(C)(=O)=O)C2=O)N(C(=O)OCc2ccc([N+](=O)[O-])cc2)C1. The Bertz CT molecular complexity index is 1170. The minimum absolute atomic E-state index is 0.0295. The number of rotatable bonds is 8. The Morgan fingerprint density at radius 1 is 1.15 bits per heavy atom. The van der Waals surface area contributed by atoms with E-state index in [2.05, 4.69) is 0 Å². The van der Waals surface area contributed by atoms with Gasteiger partial charge in [-0.1, -0.05) is 0 Å². The summed E-state index contributed by atoms with van der Waals surface area (Å²) in [7, 11) is -7.55. The van der Waals surface area contributed by atoms with Crippen LogP contribution in [0.5, 0.6) is 0 Å². The van der Waals surface area contributed by atoms with Gasteiger partial charge >= 0.3 is 12.1 Å². The van der Waals surface area contributed by atoms with Gasteiger partial charge in [0.1, 0.15) is 6.61 Å². The number of ether oxygens (including phenoxy) is 1. The van der Waals surface area contributed by atoms with Crippen LogP contribution in [-0.2, 0) is 35.7 Å². The molecule has 0 unspecified atom stereocenters. The number of carbonyl (C=O) groups is 2. The third-order valence-corrected chi connectivity index (χ3v) is 7.08. The van der Waals surface area contributed by atoms with Gasteiger partial charge in [-0.2, -0.15) is 8.42 Å². The summed E-state index contributed by atoms with van der Waals surface area (Å²) in [6.45, 7) is -0.262. The first-order valence-corrected chi connectivity index (χ1v) is 13.7. The summed E-state index contributed by atoms with van der Waals surface area (Å²) in [5, 5.41) is 10.8. The number of sulfonamides is 1. The summed E-state index contributed by atoms with van der Waals surface area (Å²) >= 11 is 0. The molecule has 0 radical (unpaired) electrons. The Morgan fingerprint density at radius 2 is 1.79 bits per heavy atom. The van der Waals surface area contributed by atoms with Crippen LogP contribution in [-0.4, -0.2) is 98.8 Å². The number of likely N-dealkylation sites (tertiary alicyclic amines) is 1. The van der Waals surface area contributed by atoms with Gasteiger partial charge in [0.2, 0.25) is 10.0 Å². The number of amides is 3. The molecule has 34 heavy (non-hydrogen) atoms. The first-order chi connectivity index (χ1) is 15.7. The van der Waals surface area contributed by atoms with Crippen molar-refractivity contribution in [3.8, 4) is 0 Å². The number of carbonyl (C=O) groups excluding carboxylic acids is 2. The van der Waals surface area contributed by atoms with Crippen molar-refractivity contribution in [2.75, 3.05) is 38.7 Å². The highest BCUT2D eigenvalue weighted by atomic mass is 32.2. The fourth-order valence-electron chi connectivity index (χ4n) is 3.82. The van der Waals surface area contributed by atoms with Crippen molar-refractivity contribution in [3.63, 3.8) is 0 Å². The molecular formula is C18H24N4O10S2. The van der Waals surface area contributed by atoms with Crippen molar-refractivity contribution < 1.29 is 40.3 Å².